The quantitative estimate of drug-likeness (QED) is 0.873. The third-order valence-electron chi connectivity index (χ3n) is 3.21. The number of hydrogen-bond donors (Lipinski definition) is 2. The molecule has 1 aromatic heterocycles. The summed E-state index contributed by atoms with van der Waals surface area (Å²) in [6.45, 7) is 3.94. The highest BCUT2D eigenvalue weighted by Gasteiger charge is 2.17. The van der Waals surface area contributed by atoms with Gasteiger partial charge in [0.2, 0.25) is 0 Å². The lowest BCUT2D eigenvalue weighted by molar-refractivity contribution is 0.585. The van der Waals surface area contributed by atoms with Crippen LogP contribution in [0, 0.1) is 0 Å². The zero-order valence-corrected chi connectivity index (χ0v) is 11.7. The standard InChI is InChI=1S/C13H17N5.ClH/c1-14-12-13(18-8-6-15-7-9-18)17-11-5-3-2-4-10(11)16-12;/h2-5,15H,6-9H2,1H3,(H,14,16);1H. The fourth-order valence-electron chi connectivity index (χ4n) is 2.26. The number of halogens is 1. The first kappa shape index (κ1) is 13.8. The van der Waals surface area contributed by atoms with E-state index in [4.69, 9.17) is 4.98 Å². The number of benzene rings is 1. The number of rotatable bonds is 2. The minimum atomic E-state index is 0. The molecular formula is C13H18ClN5. The van der Waals surface area contributed by atoms with Gasteiger partial charge in [0.25, 0.3) is 0 Å². The molecule has 102 valence electrons. The predicted molar refractivity (Wildman–Crippen MR) is 81.4 cm³/mol. The third kappa shape index (κ3) is 2.72. The molecule has 2 aromatic rings. The zero-order valence-electron chi connectivity index (χ0n) is 10.9. The van der Waals surface area contributed by atoms with Crippen molar-refractivity contribution < 1.29 is 0 Å². The molecule has 0 saturated carbocycles. The number of aromatic nitrogens is 2. The summed E-state index contributed by atoms with van der Waals surface area (Å²) in [5.41, 5.74) is 1.88. The van der Waals surface area contributed by atoms with Gasteiger partial charge in [0.1, 0.15) is 0 Å². The first-order valence-corrected chi connectivity index (χ1v) is 6.28. The number of nitrogens with one attached hydrogen (secondary N) is 2. The van der Waals surface area contributed by atoms with E-state index >= 15 is 0 Å². The van der Waals surface area contributed by atoms with Crippen molar-refractivity contribution in [3.05, 3.63) is 24.3 Å². The minimum absolute atomic E-state index is 0. The van der Waals surface area contributed by atoms with Gasteiger partial charge in [-0.2, -0.15) is 0 Å². The Balaban J connectivity index is 0.00000133. The molecule has 6 heteroatoms. The van der Waals surface area contributed by atoms with E-state index in [1.807, 2.05) is 31.3 Å². The predicted octanol–water partition coefficient (Wildman–Crippen LogP) is 1.50. The molecule has 1 fully saturated rings. The molecule has 0 bridgehead atoms. The maximum Gasteiger partial charge on any atom is 0.172 e. The summed E-state index contributed by atoms with van der Waals surface area (Å²) in [4.78, 5) is 11.7. The van der Waals surface area contributed by atoms with Crippen molar-refractivity contribution in [2.45, 2.75) is 0 Å². The van der Waals surface area contributed by atoms with Crippen LogP contribution in [0.5, 0.6) is 0 Å². The molecule has 2 heterocycles. The second-order valence-corrected chi connectivity index (χ2v) is 4.37. The van der Waals surface area contributed by atoms with Gasteiger partial charge in [0, 0.05) is 33.2 Å². The molecule has 3 rings (SSSR count). The summed E-state index contributed by atoms with van der Waals surface area (Å²) in [7, 11) is 1.89. The van der Waals surface area contributed by atoms with Crippen LogP contribution < -0.4 is 15.5 Å². The summed E-state index contributed by atoms with van der Waals surface area (Å²) in [6.07, 6.45) is 0. The lowest BCUT2D eigenvalue weighted by Crippen LogP contribution is -2.44. The lowest BCUT2D eigenvalue weighted by Gasteiger charge is -2.29. The third-order valence-corrected chi connectivity index (χ3v) is 3.21. The lowest BCUT2D eigenvalue weighted by atomic mass is 10.3. The van der Waals surface area contributed by atoms with E-state index in [0.29, 0.717) is 0 Å². The van der Waals surface area contributed by atoms with Gasteiger partial charge in [-0.1, -0.05) is 12.1 Å². The Hall–Kier alpha value is -1.59. The van der Waals surface area contributed by atoms with Crippen molar-refractivity contribution in [2.75, 3.05) is 43.4 Å². The Morgan fingerprint density at radius 3 is 2.37 bits per heavy atom. The monoisotopic (exact) mass is 279 g/mol. The van der Waals surface area contributed by atoms with E-state index in [9.17, 15) is 0 Å². The van der Waals surface area contributed by atoms with Gasteiger partial charge in [-0.3, -0.25) is 0 Å². The van der Waals surface area contributed by atoms with E-state index in [2.05, 4.69) is 20.5 Å². The van der Waals surface area contributed by atoms with E-state index in [1.165, 1.54) is 0 Å². The van der Waals surface area contributed by atoms with Gasteiger partial charge < -0.3 is 15.5 Å². The second-order valence-electron chi connectivity index (χ2n) is 4.37. The Morgan fingerprint density at radius 2 is 1.74 bits per heavy atom. The van der Waals surface area contributed by atoms with Gasteiger partial charge in [-0.25, -0.2) is 9.97 Å². The first-order valence-electron chi connectivity index (χ1n) is 6.28. The number of piperazine rings is 1. The molecule has 0 aliphatic carbocycles. The highest BCUT2D eigenvalue weighted by atomic mass is 35.5. The summed E-state index contributed by atoms with van der Waals surface area (Å²) in [5.74, 6) is 1.81. The summed E-state index contributed by atoms with van der Waals surface area (Å²) in [6, 6.07) is 7.98. The highest BCUT2D eigenvalue weighted by molar-refractivity contribution is 5.85. The molecule has 19 heavy (non-hydrogen) atoms. The maximum absolute atomic E-state index is 4.74. The largest absolute Gasteiger partial charge is 0.370 e. The Morgan fingerprint density at radius 1 is 1.11 bits per heavy atom. The van der Waals surface area contributed by atoms with Crippen LogP contribution in [-0.2, 0) is 0 Å². The van der Waals surface area contributed by atoms with Crippen molar-refractivity contribution in [3.8, 4) is 0 Å². The normalized spacial score (nSPS) is 15.1. The van der Waals surface area contributed by atoms with Gasteiger partial charge in [-0.05, 0) is 12.1 Å². The summed E-state index contributed by atoms with van der Waals surface area (Å²) >= 11 is 0. The molecule has 1 aromatic carbocycles. The molecule has 1 aliphatic heterocycles. The summed E-state index contributed by atoms with van der Waals surface area (Å²) in [5, 5.41) is 6.50. The molecule has 0 amide bonds. The Kier molecular flexibility index (Phi) is 4.39. The Labute approximate surface area is 118 Å². The smallest absolute Gasteiger partial charge is 0.172 e. The molecule has 0 spiro atoms. The number of para-hydroxylation sites is 2. The van der Waals surface area contributed by atoms with Crippen molar-refractivity contribution in [2.24, 2.45) is 0 Å². The summed E-state index contributed by atoms with van der Waals surface area (Å²) < 4.78 is 0. The minimum Gasteiger partial charge on any atom is -0.370 e. The molecule has 0 atom stereocenters. The van der Waals surface area contributed by atoms with Crippen molar-refractivity contribution in [1.29, 1.82) is 0 Å². The van der Waals surface area contributed by atoms with Crippen LogP contribution in [0.3, 0.4) is 0 Å². The van der Waals surface area contributed by atoms with Crippen molar-refractivity contribution in [1.82, 2.24) is 15.3 Å². The number of nitrogens with zero attached hydrogens (tertiary/aromatic N) is 3. The maximum atomic E-state index is 4.74. The highest BCUT2D eigenvalue weighted by Crippen LogP contribution is 2.24. The molecule has 0 unspecified atom stereocenters. The molecule has 5 nitrogen and oxygen atoms in total. The van der Waals surface area contributed by atoms with Crippen LogP contribution in [0.15, 0.2) is 24.3 Å². The second kappa shape index (κ2) is 6.04. The molecule has 2 N–H and O–H groups in total. The fourth-order valence-corrected chi connectivity index (χ4v) is 2.26. The van der Waals surface area contributed by atoms with Crippen LogP contribution in [-0.4, -0.2) is 43.2 Å². The number of fused-ring (bicyclic) bond motifs is 1. The fraction of sp³-hybridized carbons (Fsp3) is 0.385. The zero-order chi connectivity index (χ0) is 12.4. The van der Waals surface area contributed by atoms with E-state index in [-0.39, 0.29) is 12.4 Å². The average Bonchev–Trinajstić information content (AvgIpc) is 2.46. The first-order chi connectivity index (χ1) is 8.88. The van der Waals surface area contributed by atoms with Crippen molar-refractivity contribution in [3.63, 3.8) is 0 Å². The SMILES string of the molecule is CNc1nc2ccccc2nc1N1CCNCC1.Cl. The van der Waals surface area contributed by atoms with Gasteiger partial charge in [0.05, 0.1) is 11.0 Å². The van der Waals surface area contributed by atoms with E-state index < -0.39 is 0 Å². The topological polar surface area (TPSA) is 53.1 Å². The molecule has 0 radical (unpaired) electrons. The van der Waals surface area contributed by atoms with Crippen LogP contribution in [0.1, 0.15) is 0 Å². The van der Waals surface area contributed by atoms with E-state index in [1.54, 1.807) is 0 Å². The van der Waals surface area contributed by atoms with Gasteiger partial charge >= 0.3 is 0 Å². The Bertz CT molecular complexity index is 554. The molecule has 1 aliphatic rings. The van der Waals surface area contributed by atoms with Crippen molar-refractivity contribution >= 4 is 35.1 Å². The average molecular weight is 280 g/mol. The van der Waals surface area contributed by atoms with Gasteiger partial charge in [-0.15, -0.1) is 12.4 Å². The number of anilines is 2. The van der Waals surface area contributed by atoms with Crippen LogP contribution in [0.4, 0.5) is 11.6 Å². The van der Waals surface area contributed by atoms with Gasteiger partial charge in [0.15, 0.2) is 11.6 Å². The van der Waals surface area contributed by atoms with E-state index in [0.717, 1.165) is 48.8 Å². The molecular weight excluding hydrogens is 262 g/mol. The van der Waals surface area contributed by atoms with Crippen LogP contribution in [0.2, 0.25) is 0 Å². The number of hydrogen-bond acceptors (Lipinski definition) is 5. The van der Waals surface area contributed by atoms with Crippen LogP contribution in [0.25, 0.3) is 11.0 Å². The van der Waals surface area contributed by atoms with Crippen LogP contribution >= 0.6 is 12.4 Å². The molecule has 1 saturated heterocycles.